The topological polar surface area (TPSA) is 65.0 Å². The number of hydrogen-bond donors (Lipinski definition) is 0. The van der Waals surface area contributed by atoms with Gasteiger partial charge in [0, 0.05) is 6.92 Å². The molecule has 0 aliphatic heterocycles. The van der Waals surface area contributed by atoms with Crippen LogP contribution in [0.3, 0.4) is 0 Å². The maximum Gasteiger partial charge on any atom is 0.364 e. The van der Waals surface area contributed by atoms with Crippen molar-refractivity contribution in [2.45, 2.75) is 45.6 Å². The second-order valence-corrected chi connectivity index (χ2v) is 5.04. The van der Waals surface area contributed by atoms with Crippen LogP contribution in [0.4, 0.5) is 0 Å². The number of carbonyl (C=O) groups is 2. The van der Waals surface area contributed by atoms with Crippen molar-refractivity contribution in [1.29, 1.82) is 0 Å². The lowest BCUT2D eigenvalue weighted by molar-refractivity contribution is -0.136. The lowest BCUT2D eigenvalue weighted by Gasteiger charge is -2.19. The van der Waals surface area contributed by atoms with Crippen molar-refractivity contribution in [3.8, 4) is 0 Å². The van der Waals surface area contributed by atoms with E-state index < -0.39 is 11.8 Å². The van der Waals surface area contributed by atoms with E-state index in [-0.39, 0.29) is 18.4 Å². The van der Waals surface area contributed by atoms with Gasteiger partial charge in [0.15, 0.2) is 5.78 Å². The normalized spacial score (nSPS) is 30.3. The first-order valence-corrected chi connectivity index (χ1v) is 6.53. The van der Waals surface area contributed by atoms with Crippen LogP contribution in [0.25, 0.3) is 0 Å². The maximum atomic E-state index is 11.5. The number of fused-ring (bicyclic) bond motifs is 2. The number of ketones is 1. The molecule has 0 amide bonds. The summed E-state index contributed by atoms with van der Waals surface area (Å²) < 4.78 is 4.77. The van der Waals surface area contributed by atoms with Gasteiger partial charge < -0.3 is 9.57 Å². The van der Waals surface area contributed by atoms with E-state index in [0.29, 0.717) is 5.92 Å². The Labute approximate surface area is 107 Å². The van der Waals surface area contributed by atoms with Gasteiger partial charge in [0.2, 0.25) is 5.71 Å². The molecule has 0 heterocycles. The minimum atomic E-state index is -0.701. The summed E-state index contributed by atoms with van der Waals surface area (Å²) in [4.78, 5) is 28.2. The summed E-state index contributed by atoms with van der Waals surface area (Å²) in [6, 6.07) is 0. The van der Waals surface area contributed by atoms with Crippen molar-refractivity contribution < 1.29 is 19.2 Å². The molecule has 2 bridgehead atoms. The highest BCUT2D eigenvalue weighted by molar-refractivity contribution is 6.63. The lowest BCUT2D eigenvalue weighted by Crippen LogP contribution is -2.26. The van der Waals surface area contributed by atoms with Gasteiger partial charge in [-0.15, -0.1) is 0 Å². The van der Waals surface area contributed by atoms with Crippen molar-refractivity contribution in [2.75, 3.05) is 6.61 Å². The van der Waals surface area contributed by atoms with Gasteiger partial charge in [-0.3, -0.25) is 4.79 Å². The van der Waals surface area contributed by atoms with Gasteiger partial charge in [0.05, 0.1) is 6.61 Å². The first kappa shape index (κ1) is 13.1. The van der Waals surface area contributed by atoms with Crippen LogP contribution in [0.2, 0.25) is 0 Å². The van der Waals surface area contributed by atoms with E-state index in [1.807, 2.05) is 0 Å². The number of nitrogens with zero attached hydrogens (tertiary/aromatic N) is 1. The van der Waals surface area contributed by atoms with Gasteiger partial charge in [-0.2, -0.15) is 0 Å². The Morgan fingerprint density at radius 2 is 2.06 bits per heavy atom. The van der Waals surface area contributed by atoms with E-state index in [2.05, 4.69) is 5.16 Å². The average molecular weight is 253 g/mol. The number of rotatable bonds is 5. The van der Waals surface area contributed by atoms with E-state index in [0.717, 1.165) is 12.3 Å². The molecule has 0 radical (unpaired) electrons. The van der Waals surface area contributed by atoms with Crippen LogP contribution < -0.4 is 0 Å². The Hall–Kier alpha value is -1.39. The van der Waals surface area contributed by atoms with Crippen LogP contribution in [-0.2, 0) is 19.2 Å². The molecule has 3 unspecified atom stereocenters. The molecule has 18 heavy (non-hydrogen) atoms. The van der Waals surface area contributed by atoms with Gasteiger partial charge in [-0.05, 0) is 44.4 Å². The zero-order chi connectivity index (χ0) is 13.1. The van der Waals surface area contributed by atoms with Gasteiger partial charge in [0.25, 0.3) is 0 Å². The summed E-state index contributed by atoms with van der Waals surface area (Å²) >= 11 is 0. The number of esters is 1. The predicted molar refractivity (Wildman–Crippen MR) is 65.1 cm³/mol. The zero-order valence-corrected chi connectivity index (χ0v) is 10.8. The molecule has 2 fully saturated rings. The van der Waals surface area contributed by atoms with Crippen LogP contribution in [0, 0.1) is 11.8 Å². The Kier molecular flexibility index (Phi) is 3.99. The highest BCUT2D eigenvalue weighted by Gasteiger charge is 2.41. The fourth-order valence-electron chi connectivity index (χ4n) is 2.88. The molecule has 5 heteroatoms. The van der Waals surface area contributed by atoms with Crippen LogP contribution in [0.5, 0.6) is 0 Å². The molecule has 0 spiro atoms. The second-order valence-electron chi connectivity index (χ2n) is 5.04. The SMILES string of the molecule is CCOC(=O)C(=NOC1CC2CCC1C2)C(C)=O. The third-order valence-electron chi connectivity index (χ3n) is 3.75. The molecule has 5 nitrogen and oxygen atoms in total. The molecule has 0 saturated heterocycles. The summed E-state index contributed by atoms with van der Waals surface area (Å²) in [7, 11) is 0. The van der Waals surface area contributed by atoms with Crippen LogP contribution in [0.1, 0.15) is 39.5 Å². The third-order valence-corrected chi connectivity index (χ3v) is 3.75. The molecule has 0 aromatic heterocycles. The molecular weight excluding hydrogens is 234 g/mol. The average Bonchev–Trinajstić information content (AvgIpc) is 2.91. The monoisotopic (exact) mass is 253 g/mol. The highest BCUT2D eigenvalue weighted by atomic mass is 16.6. The van der Waals surface area contributed by atoms with Crippen LogP contribution in [0.15, 0.2) is 5.16 Å². The molecule has 0 aromatic rings. The van der Waals surface area contributed by atoms with Gasteiger partial charge in [-0.25, -0.2) is 4.79 Å². The standard InChI is InChI=1S/C13H19NO4/c1-3-17-13(16)12(8(2)15)14-18-11-7-9-4-5-10(11)6-9/h9-11H,3-7H2,1-2H3. The maximum absolute atomic E-state index is 11.5. The Morgan fingerprint density at radius 3 is 2.56 bits per heavy atom. The molecule has 2 aliphatic carbocycles. The smallest absolute Gasteiger partial charge is 0.364 e. The van der Waals surface area contributed by atoms with E-state index >= 15 is 0 Å². The predicted octanol–water partition coefficient (Wildman–Crippen LogP) is 1.70. The zero-order valence-electron chi connectivity index (χ0n) is 10.8. The summed E-state index contributed by atoms with van der Waals surface area (Å²) in [5, 5.41) is 3.74. The number of oxime groups is 1. The van der Waals surface area contributed by atoms with E-state index in [9.17, 15) is 9.59 Å². The first-order chi connectivity index (χ1) is 8.61. The Balaban J connectivity index is 1.96. The molecule has 0 N–H and O–H groups in total. The molecule has 2 rings (SSSR count). The van der Waals surface area contributed by atoms with E-state index in [4.69, 9.17) is 9.57 Å². The van der Waals surface area contributed by atoms with Crippen LogP contribution in [-0.4, -0.2) is 30.2 Å². The minimum absolute atomic E-state index is 0.0625. The summed E-state index contributed by atoms with van der Waals surface area (Å²) in [6.45, 7) is 3.20. The summed E-state index contributed by atoms with van der Waals surface area (Å²) in [6.07, 6.45) is 4.68. The minimum Gasteiger partial charge on any atom is -0.461 e. The van der Waals surface area contributed by atoms with E-state index in [1.165, 1.54) is 26.2 Å². The van der Waals surface area contributed by atoms with Crippen molar-refractivity contribution in [1.82, 2.24) is 0 Å². The molecule has 0 aromatic carbocycles. The molecule has 3 atom stereocenters. The largest absolute Gasteiger partial charge is 0.461 e. The van der Waals surface area contributed by atoms with Crippen molar-refractivity contribution in [3.63, 3.8) is 0 Å². The fraction of sp³-hybridized carbons (Fsp3) is 0.769. The van der Waals surface area contributed by atoms with Gasteiger partial charge >= 0.3 is 5.97 Å². The van der Waals surface area contributed by atoms with Gasteiger partial charge in [0.1, 0.15) is 6.10 Å². The fourth-order valence-corrected chi connectivity index (χ4v) is 2.88. The molecule has 2 saturated carbocycles. The molecular formula is C13H19NO4. The quantitative estimate of drug-likeness (QED) is 0.324. The highest BCUT2D eigenvalue weighted by Crippen LogP contribution is 2.45. The Morgan fingerprint density at radius 1 is 1.28 bits per heavy atom. The molecule has 100 valence electrons. The van der Waals surface area contributed by atoms with E-state index in [1.54, 1.807) is 6.92 Å². The van der Waals surface area contributed by atoms with Crippen molar-refractivity contribution >= 4 is 17.5 Å². The molecule has 2 aliphatic rings. The van der Waals surface area contributed by atoms with Crippen molar-refractivity contribution in [2.24, 2.45) is 17.0 Å². The summed E-state index contributed by atoms with van der Waals surface area (Å²) in [5.74, 6) is 0.150. The third kappa shape index (κ3) is 2.71. The summed E-state index contributed by atoms with van der Waals surface area (Å²) in [5.41, 5.74) is -0.236. The number of hydrogen-bond acceptors (Lipinski definition) is 5. The number of ether oxygens (including phenoxy) is 1. The van der Waals surface area contributed by atoms with Crippen molar-refractivity contribution in [3.05, 3.63) is 0 Å². The Bertz CT molecular complexity index is 377. The second kappa shape index (κ2) is 5.50. The first-order valence-electron chi connectivity index (χ1n) is 6.53. The van der Waals surface area contributed by atoms with Crippen LogP contribution >= 0.6 is 0 Å². The van der Waals surface area contributed by atoms with Gasteiger partial charge in [-0.1, -0.05) is 5.16 Å². The number of Topliss-reactive ketones (excluding diaryl/α,β-unsaturated/α-hetero) is 1. The lowest BCUT2D eigenvalue weighted by atomic mass is 9.98. The number of carbonyl (C=O) groups excluding carboxylic acids is 2.